The number of carbonyl (C=O) groups is 2. The third kappa shape index (κ3) is 5.13. The van der Waals surface area contributed by atoms with Crippen LogP contribution in [0.15, 0.2) is 24.3 Å². The van der Waals surface area contributed by atoms with Crippen LogP contribution in [-0.4, -0.2) is 36.5 Å². The fourth-order valence-electron chi connectivity index (χ4n) is 3.08. The number of primary amides is 1. The molecule has 0 atom stereocenters. The number of nitrogens with one attached hydrogen (secondary N) is 2. The Morgan fingerprint density at radius 2 is 1.85 bits per heavy atom. The first-order chi connectivity index (χ1) is 12.5. The molecular weight excluding hydrogens is 407 g/mol. The van der Waals surface area contributed by atoms with Gasteiger partial charge in [-0.25, -0.2) is 4.79 Å². The first kappa shape index (κ1) is 21.5. The molecule has 1 aliphatic rings. The van der Waals surface area contributed by atoms with Crippen LogP contribution in [0.4, 0.5) is 15.5 Å². The van der Waals surface area contributed by atoms with Gasteiger partial charge in [-0.15, -0.1) is 23.7 Å². The van der Waals surface area contributed by atoms with Crippen molar-refractivity contribution in [1.82, 2.24) is 4.90 Å². The third-order valence-electron chi connectivity index (χ3n) is 4.45. The minimum atomic E-state index is -0.505. The van der Waals surface area contributed by atoms with Crippen molar-refractivity contribution >= 4 is 58.0 Å². The molecule has 0 aliphatic carbocycles. The number of amides is 3. The van der Waals surface area contributed by atoms with E-state index in [1.54, 1.807) is 24.3 Å². The van der Waals surface area contributed by atoms with E-state index in [9.17, 15) is 9.59 Å². The van der Waals surface area contributed by atoms with Gasteiger partial charge in [-0.1, -0.05) is 18.5 Å². The van der Waals surface area contributed by atoms with Gasteiger partial charge in [0.25, 0.3) is 5.91 Å². The van der Waals surface area contributed by atoms with Crippen molar-refractivity contribution < 1.29 is 9.59 Å². The van der Waals surface area contributed by atoms with Crippen LogP contribution >= 0.6 is 35.3 Å². The predicted molar refractivity (Wildman–Crippen MR) is 114 cm³/mol. The van der Waals surface area contributed by atoms with Crippen molar-refractivity contribution in [2.24, 2.45) is 5.73 Å². The van der Waals surface area contributed by atoms with Gasteiger partial charge in [0.05, 0.1) is 5.56 Å². The van der Waals surface area contributed by atoms with E-state index in [1.165, 1.54) is 11.3 Å². The monoisotopic (exact) mass is 428 g/mol. The summed E-state index contributed by atoms with van der Waals surface area (Å²) in [4.78, 5) is 27.8. The summed E-state index contributed by atoms with van der Waals surface area (Å²) in [6, 6.07) is 6.39. The minimum Gasteiger partial charge on any atom is -0.365 e. The lowest BCUT2D eigenvalue weighted by Gasteiger charge is -2.16. The lowest BCUT2D eigenvalue weighted by atomic mass is 10.1. The van der Waals surface area contributed by atoms with Crippen molar-refractivity contribution in [3.8, 4) is 0 Å². The standard InChI is InChI=1S/C18H21ClN4O2S.ClH/c1-2-23-9-7-13-14(8-10-23)26-17(15(13)16(20)24)22-18(25)21-12-5-3-11(19)4-6-12;/h3-6H,2,7-10H2,1H3,(H2,20,24)(H2,21,22,25);1H. The molecule has 2 heterocycles. The zero-order chi connectivity index (χ0) is 18.7. The molecule has 0 bridgehead atoms. The molecule has 3 amide bonds. The van der Waals surface area contributed by atoms with Gasteiger partial charge in [0.2, 0.25) is 0 Å². The van der Waals surface area contributed by atoms with E-state index >= 15 is 0 Å². The van der Waals surface area contributed by atoms with Gasteiger partial charge in [0.1, 0.15) is 5.00 Å². The molecule has 0 spiro atoms. The minimum absolute atomic E-state index is 0. The molecule has 2 aromatic rings. The van der Waals surface area contributed by atoms with Crippen molar-refractivity contribution in [3.63, 3.8) is 0 Å². The normalized spacial score (nSPS) is 13.9. The van der Waals surface area contributed by atoms with E-state index in [-0.39, 0.29) is 12.4 Å². The van der Waals surface area contributed by atoms with E-state index in [0.29, 0.717) is 21.3 Å². The number of nitrogens with zero attached hydrogens (tertiary/aromatic N) is 1. The maximum atomic E-state index is 12.3. The first-order valence-electron chi connectivity index (χ1n) is 8.48. The number of thiophene rings is 1. The highest BCUT2D eigenvalue weighted by molar-refractivity contribution is 7.17. The summed E-state index contributed by atoms with van der Waals surface area (Å²) in [6.07, 6.45) is 1.62. The van der Waals surface area contributed by atoms with E-state index < -0.39 is 11.9 Å². The highest BCUT2D eigenvalue weighted by Crippen LogP contribution is 2.35. The lowest BCUT2D eigenvalue weighted by molar-refractivity contribution is 0.100. The lowest BCUT2D eigenvalue weighted by Crippen LogP contribution is -2.26. The number of fused-ring (bicyclic) bond motifs is 1. The Labute approximate surface area is 173 Å². The number of urea groups is 1. The number of carbonyl (C=O) groups excluding carboxylic acids is 2. The summed E-state index contributed by atoms with van der Waals surface area (Å²) in [6.45, 7) is 4.94. The van der Waals surface area contributed by atoms with Crippen LogP contribution in [0.2, 0.25) is 5.02 Å². The maximum Gasteiger partial charge on any atom is 0.324 e. The van der Waals surface area contributed by atoms with Crippen molar-refractivity contribution in [1.29, 1.82) is 0 Å². The molecular formula is C18H22Cl2N4O2S. The first-order valence-corrected chi connectivity index (χ1v) is 9.67. The highest BCUT2D eigenvalue weighted by atomic mass is 35.5. The Kier molecular flexibility index (Phi) is 7.49. The van der Waals surface area contributed by atoms with Gasteiger partial charge in [0, 0.05) is 28.7 Å². The van der Waals surface area contributed by atoms with Crippen molar-refractivity contribution in [2.75, 3.05) is 30.3 Å². The van der Waals surface area contributed by atoms with Crippen LogP contribution in [0.1, 0.15) is 27.7 Å². The Balaban J connectivity index is 0.00000261. The quantitative estimate of drug-likeness (QED) is 0.687. The summed E-state index contributed by atoms with van der Waals surface area (Å²) in [5.74, 6) is -0.505. The number of rotatable bonds is 4. The molecule has 27 heavy (non-hydrogen) atoms. The second-order valence-electron chi connectivity index (χ2n) is 6.09. The van der Waals surface area contributed by atoms with Crippen LogP contribution in [0.3, 0.4) is 0 Å². The number of likely N-dealkylation sites (N-methyl/N-ethyl adjacent to an activating group) is 1. The number of hydrogen-bond acceptors (Lipinski definition) is 4. The number of hydrogen-bond donors (Lipinski definition) is 3. The number of nitrogens with two attached hydrogens (primary N) is 1. The van der Waals surface area contributed by atoms with Crippen LogP contribution in [-0.2, 0) is 12.8 Å². The van der Waals surface area contributed by atoms with Crippen LogP contribution < -0.4 is 16.4 Å². The molecule has 9 heteroatoms. The summed E-state index contributed by atoms with van der Waals surface area (Å²) in [5.41, 5.74) is 7.64. The molecule has 0 fully saturated rings. The fourth-order valence-corrected chi connectivity index (χ4v) is 4.45. The summed E-state index contributed by atoms with van der Waals surface area (Å²) < 4.78 is 0. The van der Waals surface area contributed by atoms with E-state index in [2.05, 4.69) is 22.5 Å². The summed E-state index contributed by atoms with van der Waals surface area (Å²) in [7, 11) is 0. The largest absolute Gasteiger partial charge is 0.365 e. The summed E-state index contributed by atoms with van der Waals surface area (Å²) >= 11 is 7.28. The van der Waals surface area contributed by atoms with Crippen molar-refractivity contribution in [2.45, 2.75) is 19.8 Å². The van der Waals surface area contributed by atoms with Crippen LogP contribution in [0, 0.1) is 0 Å². The second kappa shape index (κ2) is 9.41. The van der Waals surface area contributed by atoms with Gasteiger partial charge < -0.3 is 16.0 Å². The Morgan fingerprint density at radius 1 is 1.19 bits per heavy atom. The molecule has 1 aromatic heterocycles. The van der Waals surface area contributed by atoms with E-state index in [1.807, 2.05) is 0 Å². The molecule has 6 nitrogen and oxygen atoms in total. The second-order valence-corrected chi connectivity index (χ2v) is 7.63. The van der Waals surface area contributed by atoms with Crippen LogP contribution in [0.5, 0.6) is 0 Å². The molecule has 0 saturated heterocycles. The number of anilines is 2. The van der Waals surface area contributed by atoms with E-state index in [4.69, 9.17) is 17.3 Å². The maximum absolute atomic E-state index is 12.3. The zero-order valence-corrected chi connectivity index (χ0v) is 17.3. The SMILES string of the molecule is CCN1CCc2sc(NC(=O)Nc3ccc(Cl)cc3)c(C(N)=O)c2CC1.Cl. The van der Waals surface area contributed by atoms with Gasteiger partial charge in [-0.2, -0.15) is 0 Å². The van der Waals surface area contributed by atoms with Gasteiger partial charge in [-0.05, 0) is 49.2 Å². The van der Waals surface area contributed by atoms with Crippen molar-refractivity contribution in [3.05, 3.63) is 45.3 Å². The molecule has 0 radical (unpaired) electrons. The molecule has 146 valence electrons. The Morgan fingerprint density at radius 3 is 2.48 bits per heavy atom. The third-order valence-corrected chi connectivity index (χ3v) is 5.91. The molecule has 1 aromatic carbocycles. The van der Waals surface area contributed by atoms with Crippen LogP contribution in [0.25, 0.3) is 0 Å². The zero-order valence-electron chi connectivity index (χ0n) is 14.9. The van der Waals surface area contributed by atoms with Gasteiger partial charge in [-0.3, -0.25) is 10.1 Å². The van der Waals surface area contributed by atoms with Gasteiger partial charge in [0.15, 0.2) is 0 Å². The smallest absolute Gasteiger partial charge is 0.324 e. The molecule has 0 unspecified atom stereocenters. The molecule has 0 saturated carbocycles. The highest BCUT2D eigenvalue weighted by Gasteiger charge is 2.25. The van der Waals surface area contributed by atoms with E-state index in [0.717, 1.165) is 42.9 Å². The van der Waals surface area contributed by atoms with Gasteiger partial charge >= 0.3 is 6.03 Å². The molecule has 3 rings (SSSR count). The summed E-state index contributed by atoms with van der Waals surface area (Å²) in [5, 5.41) is 6.61. The topological polar surface area (TPSA) is 87.5 Å². The average Bonchev–Trinajstić information content (AvgIpc) is 2.82. The predicted octanol–water partition coefficient (Wildman–Crippen LogP) is 3.99. The number of halogens is 2. The fraction of sp³-hybridized carbons (Fsp3) is 0.333. The average molecular weight is 429 g/mol. The Hall–Kier alpha value is -1.80. The molecule has 1 aliphatic heterocycles. The Bertz CT molecular complexity index is 824. The molecule has 4 N–H and O–H groups in total. The number of benzene rings is 1.